The lowest BCUT2D eigenvalue weighted by atomic mass is 10.1. The van der Waals surface area contributed by atoms with E-state index in [2.05, 4.69) is 39.5 Å². The molecule has 0 N–H and O–H groups in total. The highest BCUT2D eigenvalue weighted by Crippen LogP contribution is 2.13. The van der Waals surface area contributed by atoms with Crippen LogP contribution in [0.15, 0.2) is 11.1 Å². The second kappa shape index (κ2) is 7.72. The van der Waals surface area contributed by atoms with Gasteiger partial charge in [0.1, 0.15) is 0 Å². The molecule has 0 rings (SSSR count). The molecule has 0 aliphatic heterocycles. The van der Waals surface area contributed by atoms with E-state index in [0.29, 0.717) is 0 Å². The molecule has 72 valence electrons. The Morgan fingerprint density at radius 2 is 1.75 bits per heavy atom. The first-order chi connectivity index (χ1) is 5.68. The van der Waals surface area contributed by atoms with Crippen LogP contribution in [-0.4, -0.2) is 11.5 Å². The van der Waals surface area contributed by atoms with Crippen molar-refractivity contribution in [3.63, 3.8) is 0 Å². The molecule has 0 aromatic carbocycles. The van der Waals surface area contributed by atoms with Crippen LogP contribution in [0.3, 0.4) is 0 Å². The van der Waals surface area contributed by atoms with Gasteiger partial charge in [-0.2, -0.15) is 11.8 Å². The van der Waals surface area contributed by atoms with E-state index in [1.807, 2.05) is 0 Å². The topological polar surface area (TPSA) is 0 Å². The van der Waals surface area contributed by atoms with Gasteiger partial charge in [0.2, 0.25) is 0 Å². The molecule has 0 heterocycles. The van der Waals surface area contributed by atoms with Gasteiger partial charge < -0.3 is 0 Å². The lowest BCUT2D eigenvalue weighted by Crippen LogP contribution is -1.85. The van der Waals surface area contributed by atoms with Gasteiger partial charge in [-0.15, -0.1) is 0 Å². The maximum atomic E-state index is 2.25. The van der Waals surface area contributed by atoms with Crippen molar-refractivity contribution in [1.29, 1.82) is 0 Å². The lowest BCUT2D eigenvalue weighted by Gasteiger charge is -2.03. The van der Waals surface area contributed by atoms with Crippen molar-refractivity contribution in [3.8, 4) is 0 Å². The highest BCUT2D eigenvalue weighted by molar-refractivity contribution is 7.99. The SMILES string of the molecule is CCSCCCCC(C)=C(C)C. The van der Waals surface area contributed by atoms with E-state index in [9.17, 15) is 0 Å². The molecule has 0 aromatic heterocycles. The molecule has 0 nitrogen and oxygen atoms in total. The summed E-state index contributed by atoms with van der Waals surface area (Å²) >= 11 is 2.05. The fourth-order valence-electron chi connectivity index (χ4n) is 0.989. The molecule has 0 unspecified atom stereocenters. The number of hydrogen-bond donors (Lipinski definition) is 0. The van der Waals surface area contributed by atoms with E-state index in [-0.39, 0.29) is 0 Å². The molecule has 0 aromatic rings. The van der Waals surface area contributed by atoms with Crippen LogP contribution in [0, 0.1) is 0 Å². The molecule has 0 saturated carbocycles. The molecule has 1 heteroatoms. The van der Waals surface area contributed by atoms with Crippen molar-refractivity contribution in [3.05, 3.63) is 11.1 Å². The van der Waals surface area contributed by atoms with Gasteiger partial charge in [0, 0.05) is 0 Å². The third kappa shape index (κ3) is 6.78. The maximum absolute atomic E-state index is 2.25. The van der Waals surface area contributed by atoms with Gasteiger partial charge in [-0.05, 0) is 51.5 Å². The Bertz CT molecular complexity index is 132. The van der Waals surface area contributed by atoms with E-state index in [0.717, 1.165) is 0 Å². The number of hydrogen-bond acceptors (Lipinski definition) is 1. The summed E-state index contributed by atoms with van der Waals surface area (Å²) in [6, 6.07) is 0. The Morgan fingerprint density at radius 3 is 2.25 bits per heavy atom. The number of unbranched alkanes of at least 4 members (excludes halogenated alkanes) is 1. The van der Waals surface area contributed by atoms with Crippen LogP contribution in [-0.2, 0) is 0 Å². The first-order valence-corrected chi connectivity index (χ1v) is 6.04. The van der Waals surface area contributed by atoms with Gasteiger partial charge in [-0.25, -0.2) is 0 Å². The normalized spacial score (nSPS) is 10.0. The minimum absolute atomic E-state index is 1.27. The summed E-state index contributed by atoms with van der Waals surface area (Å²) in [6.07, 6.45) is 4.04. The van der Waals surface area contributed by atoms with E-state index >= 15 is 0 Å². The Morgan fingerprint density at radius 1 is 1.08 bits per heavy atom. The Hall–Kier alpha value is 0.0900. The fourth-order valence-corrected chi connectivity index (χ4v) is 1.69. The van der Waals surface area contributed by atoms with Gasteiger partial charge in [-0.3, -0.25) is 0 Å². The molecule has 12 heavy (non-hydrogen) atoms. The van der Waals surface area contributed by atoms with Crippen LogP contribution in [0.4, 0.5) is 0 Å². The van der Waals surface area contributed by atoms with Crippen molar-refractivity contribution in [1.82, 2.24) is 0 Å². The largest absolute Gasteiger partial charge is 0.162 e. The minimum Gasteiger partial charge on any atom is -0.162 e. The van der Waals surface area contributed by atoms with E-state index in [4.69, 9.17) is 0 Å². The quantitative estimate of drug-likeness (QED) is 0.441. The Balaban J connectivity index is 3.26. The van der Waals surface area contributed by atoms with E-state index < -0.39 is 0 Å². The lowest BCUT2D eigenvalue weighted by molar-refractivity contribution is 0.787. The summed E-state index contributed by atoms with van der Waals surface area (Å²) < 4.78 is 0. The smallest absolute Gasteiger partial charge is 0.00675 e. The van der Waals surface area contributed by atoms with Crippen molar-refractivity contribution in [2.45, 2.75) is 47.0 Å². The summed E-state index contributed by atoms with van der Waals surface area (Å²) in [6.45, 7) is 8.89. The number of thioether (sulfide) groups is 1. The molecule has 0 aliphatic carbocycles. The highest BCUT2D eigenvalue weighted by Gasteiger charge is 1.93. The van der Waals surface area contributed by atoms with E-state index in [1.165, 1.54) is 36.3 Å². The van der Waals surface area contributed by atoms with Gasteiger partial charge in [0.05, 0.1) is 0 Å². The second-order valence-corrected chi connectivity index (χ2v) is 4.83. The summed E-state index contributed by atoms with van der Waals surface area (Å²) in [4.78, 5) is 0. The van der Waals surface area contributed by atoms with Gasteiger partial charge in [0.25, 0.3) is 0 Å². The fraction of sp³-hybridized carbons (Fsp3) is 0.818. The standard InChI is InChI=1S/C11H22S/c1-5-12-9-7-6-8-11(4)10(2)3/h5-9H2,1-4H3. The molecule has 0 fully saturated rings. The van der Waals surface area contributed by atoms with Gasteiger partial charge in [0.15, 0.2) is 0 Å². The zero-order chi connectivity index (χ0) is 9.40. The van der Waals surface area contributed by atoms with Crippen LogP contribution < -0.4 is 0 Å². The average molecular weight is 186 g/mol. The highest BCUT2D eigenvalue weighted by atomic mass is 32.2. The van der Waals surface area contributed by atoms with Crippen molar-refractivity contribution in [2.24, 2.45) is 0 Å². The van der Waals surface area contributed by atoms with Crippen LogP contribution >= 0.6 is 11.8 Å². The van der Waals surface area contributed by atoms with Crippen molar-refractivity contribution in [2.75, 3.05) is 11.5 Å². The molecular weight excluding hydrogens is 164 g/mol. The third-order valence-electron chi connectivity index (χ3n) is 2.15. The third-order valence-corrected chi connectivity index (χ3v) is 3.13. The number of rotatable bonds is 6. The molecular formula is C11H22S. The summed E-state index contributed by atoms with van der Waals surface area (Å²) in [5, 5.41) is 0. The molecule has 0 amide bonds. The summed E-state index contributed by atoms with van der Waals surface area (Å²) in [5.41, 5.74) is 3.08. The maximum Gasteiger partial charge on any atom is -0.00675 e. The molecule has 0 radical (unpaired) electrons. The average Bonchev–Trinajstić information content (AvgIpc) is 2.03. The molecule has 0 saturated heterocycles. The molecule has 0 spiro atoms. The minimum atomic E-state index is 1.27. The van der Waals surface area contributed by atoms with Crippen LogP contribution in [0.1, 0.15) is 47.0 Å². The predicted molar refractivity (Wildman–Crippen MR) is 60.9 cm³/mol. The first-order valence-electron chi connectivity index (χ1n) is 4.89. The summed E-state index contributed by atoms with van der Waals surface area (Å²) in [7, 11) is 0. The monoisotopic (exact) mass is 186 g/mol. The van der Waals surface area contributed by atoms with Gasteiger partial charge in [-0.1, -0.05) is 18.1 Å². The first kappa shape index (κ1) is 12.1. The van der Waals surface area contributed by atoms with Crippen LogP contribution in [0.2, 0.25) is 0 Å². The van der Waals surface area contributed by atoms with Crippen LogP contribution in [0.5, 0.6) is 0 Å². The zero-order valence-corrected chi connectivity index (χ0v) is 9.76. The number of allylic oxidation sites excluding steroid dienone is 2. The summed E-state index contributed by atoms with van der Waals surface area (Å²) in [5.74, 6) is 2.61. The molecule has 0 atom stereocenters. The Labute approximate surface area is 81.8 Å². The van der Waals surface area contributed by atoms with Crippen molar-refractivity contribution >= 4 is 11.8 Å². The second-order valence-electron chi connectivity index (χ2n) is 3.43. The van der Waals surface area contributed by atoms with Crippen LogP contribution in [0.25, 0.3) is 0 Å². The Kier molecular flexibility index (Phi) is 7.78. The van der Waals surface area contributed by atoms with Gasteiger partial charge >= 0.3 is 0 Å². The van der Waals surface area contributed by atoms with Crippen molar-refractivity contribution < 1.29 is 0 Å². The molecule has 0 aliphatic rings. The molecule has 0 bridgehead atoms. The predicted octanol–water partition coefficient (Wildman–Crippen LogP) is 4.27. The van der Waals surface area contributed by atoms with E-state index in [1.54, 1.807) is 5.57 Å². The zero-order valence-electron chi connectivity index (χ0n) is 8.94.